The summed E-state index contributed by atoms with van der Waals surface area (Å²) in [6.07, 6.45) is 0. The van der Waals surface area contributed by atoms with Gasteiger partial charge in [-0.25, -0.2) is 9.37 Å². The number of anilines is 1. The Morgan fingerprint density at radius 2 is 1.90 bits per heavy atom. The summed E-state index contributed by atoms with van der Waals surface area (Å²) < 4.78 is 19.1. The minimum atomic E-state index is -0.307. The maximum Gasteiger partial charge on any atom is 0.275 e. The number of ether oxygens (including phenoxy) is 1. The Kier molecular flexibility index (Phi) is 6.07. The molecule has 0 bridgehead atoms. The van der Waals surface area contributed by atoms with E-state index in [1.807, 2.05) is 24.3 Å². The molecule has 3 aromatic carbocycles. The Bertz CT molecular complexity index is 1200. The Balaban J connectivity index is 1.45. The number of hydrogen-bond acceptors (Lipinski definition) is 4. The van der Waals surface area contributed by atoms with Crippen LogP contribution in [0, 0.1) is 5.82 Å². The topological polar surface area (TPSA) is 51.2 Å². The molecular weight excluding hydrogens is 423 g/mol. The summed E-state index contributed by atoms with van der Waals surface area (Å²) in [7, 11) is 0. The van der Waals surface area contributed by atoms with Gasteiger partial charge >= 0.3 is 0 Å². The van der Waals surface area contributed by atoms with Gasteiger partial charge in [0, 0.05) is 21.7 Å². The van der Waals surface area contributed by atoms with Crippen LogP contribution < -0.4 is 10.1 Å². The molecule has 0 saturated carbocycles. The molecule has 0 atom stereocenters. The van der Waals surface area contributed by atoms with Crippen LogP contribution in [-0.2, 0) is 6.61 Å². The Morgan fingerprint density at radius 3 is 2.73 bits per heavy atom. The number of thiazole rings is 1. The molecular formula is C23H16ClFN2O2S. The number of carbonyl (C=O) groups is 1. The number of nitrogens with one attached hydrogen (secondary N) is 1. The molecule has 0 aliphatic carbocycles. The Labute approximate surface area is 181 Å². The van der Waals surface area contributed by atoms with E-state index >= 15 is 0 Å². The standard InChI is InChI=1S/C23H16ClFN2O2S/c24-17-6-3-8-19(12-17)26-22(28)21-14-30-23(27-21)16-5-2-9-20(11-16)29-13-15-4-1-7-18(25)10-15/h1-12,14H,13H2,(H,26,28). The third-order valence-corrected chi connectivity index (χ3v) is 5.32. The van der Waals surface area contributed by atoms with Crippen molar-refractivity contribution in [1.82, 2.24) is 4.98 Å². The van der Waals surface area contributed by atoms with E-state index in [2.05, 4.69) is 10.3 Å². The number of benzene rings is 3. The highest BCUT2D eigenvalue weighted by Crippen LogP contribution is 2.28. The molecule has 0 unspecified atom stereocenters. The first kappa shape index (κ1) is 20.1. The number of nitrogens with zero attached hydrogens (tertiary/aromatic N) is 1. The number of halogens is 2. The molecule has 30 heavy (non-hydrogen) atoms. The molecule has 150 valence electrons. The van der Waals surface area contributed by atoms with Gasteiger partial charge in [-0.1, -0.05) is 41.9 Å². The minimum absolute atomic E-state index is 0.256. The van der Waals surface area contributed by atoms with E-state index in [0.29, 0.717) is 27.2 Å². The van der Waals surface area contributed by atoms with E-state index in [9.17, 15) is 9.18 Å². The maximum atomic E-state index is 13.3. The second kappa shape index (κ2) is 9.07. The highest BCUT2D eigenvalue weighted by atomic mass is 35.5. The van der Waals surface area contributed by atoms with E-state index in [4.69, 9.17) is 16.3 Å². The summed E-state index contributed by atoms with van der Waals surface area (Å²) in [4.78, 5) is 16.9. The lowest BCUT2D eigenvalue weighted by Crippen LogP contribution is -2.12. The van der Waals surface area contributed by atoms with E-state index < -0.39 is 0 Å². The van der Waals surface area contributed by atoms with Crippen molar-refractivity contribution < 1.29 is 13.9 Å². The van der Waals surface area contributed by atoms with Gasteiger partial charge in [-0.15, -0.1) is 11.3 Å². The first-order valence-corrected chi connectivity index (χ1v) is 10.3. The van der Waals surface area contributed by atoms with Crippen molar-refractivity contribution in [3.63, 3.8) is 0 Å². The monoisotopic (exact) mass is 438 g/mol. The highest BCUT2D eigenvalue weighted by molar-refractivity contribution is 7.13. The zero-order valence-electron chi connectivity index (χ0n) is 15.6. The van der Waals surface area contributed by atoms with Crippen LogP contribution in [0.5, 0.6) is 5.75 Å². The zero-order chi connectivity index (χ0) is 20.9. The van der Waals surface area contributed by atoms with Crippen LogP contribution >= 0.6 is 22.9 Å². The first-order valence-electron chi connectivity index (χ1n) is 9.07. The third-order valence-electron chi connectivity index (χ3n) is 4.19. The van der Waals surface area contributed by atoms with Crippen LogP contribution in [0.25, 0.3) is 10.6 Å². The van der Waals surface area contributed by atoms with Crippen LogP contribution in [0.2, 0.25) is 5.02 Å². The van der Waals surface area contributed by atoms with Crippen LogP contribution in [0.15, 0.2) is 78.2 Å². The average Bonchev–Trinajstić information content (AvgIpc) is 3.23. The fourth-order valence-corrected chi connectivity index (χ4v) is 3.77. The van der Waals surface area contributed by atoms with E-state index in [0.717, 1.165) is 11.1 Å². The second-order valence-corrected chi connectivity index (χ2v) is 7.74. The predicted molar refractivity (Wildman–Crippen MR) is 118 cm³/mol. The Hall–Kier alpha value is -3.22. The van der Waals surface area contributed by atoms with Gasteiger partial charge < -0.3 is 10.1 Å². The first-order chi connectivity index (χ1) is 14.6. The molecule has 0 saturated heterocycles. The molecule has 0 aliphatic rings. The van der Waals surface area contributed by atoms with Crippen molar-refractivity contribution in [3.8, 4) is 16.3 Å². The molecule has 0 aliphatic heterocycles. The van der Waals surface area contributed by atoms with Crippen molar-refractivity contribution in [3.05, 3.63) is 100 Å². The molecule has 1 heterocycles. The Morgan fingerprint density at radius 1 is 1.07 bits per heavy atom. The van der Waals surface area contributed by atoms with Gasteiger partial charge in [0.1, 0.15) is 28.9 Å². The van der Waals surface area contributed by atoms with Crippen molar-refractivity contribution >= 4 is 34.5 Å². The van der Waals surface area contributed by atoms with Crippen LogP contribution in [-0.4, -0.2) is 10.9 Å². The molecule has 0 radical (unpaired) electrons. The molecule has 1 amide bonds. The second-order valence-electron chi connectivity index (χ2n) is 6.45. The number of carbonyl (C=O) groups excluding carboxylic acids is 1. The zero-order valence-corrected chi connectivity index (χ0v) is 17.2. The minimum Gasteiger partial charge on any atom is -0.489 e. The molecule has 1 aromatic heterocycles. The molecule has 0 spiro atoms. The quantitative estimate of drug-likeness (QED) is 0.377. The van der Waals surface area contributed by atoms with Gasteiger partial charge in [0.05, 0.1) is 0 Å². The van der Waals surface area contributed by atoms with Gasteiger partial charge in [0.25, 0.3) is 5.91 Å². The summed E-state index contributed by atoms with van der Waals surface area (Å²) in [5, 5.41) is 5.73. The smallest absolute Gasteiger partial charge is 0.275 e. The normalized spacial score (nSPS) is 10.6. The number of amides is 1. The van der Waals surface area contributed by atoms with Crippen molar-refractivity contribution in [2.75, 3.05) is 5.32 Å². The molecule has 0 fully saturated rings. The van der Waals surface area contributed by atoms with Gasteiger partial charge in [0.2, 0.25) is 0 Å². The SMILES string of the molecule is O=C(Nc1cccc(Cl)c1)c1csc(-c2cccc(OCc3cccc(F)c3)c2)n1. The lowest BCUT2D eigenvalue weighted by Gasteiger charge is -2.07. The maximum absolute atomic E-state index is 13.3. The molecule has 1 N–H and O–H groups in total. The fourth-order valence-electron chi connectivity index (χ4n) is 2.78. The highest BCUT2D eigenvalue weighted by Gasteiger charge is 2.13. The molecule has 7 heteroatoms. The van der Waals surface area contributed by atoms with Crippen LogP contribution in [0.1, 0.15) is 16.1 Å². The summed E-state index contributed by atoms with van der Waals surface area (Å²) in [5.74, 6) is 0.0337. The summed E-state index contributed by atoms with van der Waals surface area (Å²) >= 11 is 7.32. The van der Waals surface area contributed by atoms with Gasteiger partial charge in [0.15, 0.2) is 0 Å². The summed E-state index contributed by atoms with van der Waals surface area (Å²) in [6, 6.07) is 20.6. The fraction of sp³-hybridized carbons (Fsp3) is 0.0435. The largest absolute Gasteiger partial charge is 0.489 e. The molecule has 4 nitrogen and oxygen atoms in total. The van der Waals surface area contributed by atoms with Gasteiger partial charge in [-0.3, -0.25) is 4.79 Å². The van der Waals surface area contributed by atoms with E-state index in [1.165, 1.54) is 23.5 Å². The number of hydrogen-bond donors (Lipinski definition) is 1. The van der Waals surface area contributed by atoms with Crippen LogP contribution in [0.3, 0.4) is 0 Å². The van der Waals surface area contributed by atoms with Gasteiger partial charge in [-0.2, -0.15) is 0 Å². The predicted octanol–water partition coefficient (Wildman–Crippen LogP) is 6.43. The van der Waals surface area contributed by atoms with E-state index in [1.54, 1.807) is 41.8 Å². The van der Waals surface area contributed by atoms with Crippen LogP contribution in [0.4, 0.5) is 10.1 Å². The lowest BCUT2D eigenvalue weighted by molar-refractivity contribution is 0.102. The average molecular weight is 439 g/mol. The van der Waals surface area contributed by atoms with Crippen molar-refractivity contribution in [2.45, 2.75) is 6.61 Å². The van der Waals surface area contributed by atoms with Crippen molar-refractivity contribution in [2.24, 2.45) is 0 Å². The third kappa shape index (κ3) is 5.03. The lowest BCUT2D eigenvalue weighted by atomic mass is 10.2. The summed E-state index contributed by atoms with van der Waals surface area (Å²) in [5.41, 5.74) is 2.50. The van der Waals surface area contributed by atoms with E-state index in [-0.39, 0.29) is 18.3 Å². The van der Waals surface area contributed by atoms with Crippen molar-refractivity contribution in [1.29, 1.82) is 0 Å². The number of aromatic nitrogens is 1. The summed E-state index contributed by atoms with van der Waals surface area (Å²) in [6.45, 7) is 0.256. The molecule has 4 aromatic rings. The number of rotatable bonds is 6. The van der Waals surface area contributed by atoms with Gasteiger partial charge in [-0.05, 0) is 48.0 Å². The molecule has 4 rings (SSSR count).